The molecule has 2 rings (SSSR count). The van der Waals surface area contributed by atoms with E-state index >= 15 is 0 Å². The Kier molecular flexibility index (Phi) is 5.02. The number of nitrogens with zero attached hydrogens (tertiary/aromatic N) is 1. The number of para-hydroxylation sites is 1. The van der Waals surface area contributed by atoms with Crippen LogP contribution in [0.3, 0.4) is 0 Å². The van der Waals surface area contributed by atoms with Crippen molar-refractivity contribution in [1.29, 1.82) is 0 Å². The lowest BCUT2D eigenvalue weighted by Crippen LogP contribution is -2.48. The third kappa shape index (κ3) is 3.50. The van der Waals surface area contributed by atoms with Crippen molar-refractivity contribution in [3.63, 3.8) is 0 Å². The monoisotopic (exact) mass is 422 g/mol. The zero-order chi connectivity index (χ0) is 20.0. The molecule has 0 spiro atoms. The van der Waals surface area contributed by atoms with Crippen molar-refractivity contribution in [3.8, 4) is 0 Å². The zero-order valence-corrected chi connectivity index (χ0v) is 14.1. The van der Waals surface area contributed by atoms with Crippen LogP contribution < -0.4 is 4.57 Å². The van der Waals surface area contributed by atoms with Gasteiger partial charge in [-0.05, 0) is 12.1 Å². The Hall–Kier alpha value is -1.86. The minimum Gasteiger partial charge on any atom is -0.306 e. The first-order chi connectivity index (χ1) is 11.7. The molecule has 0 aliphatic carbocycles. The average Bonchev–Trinajstić information content (AvgIpc) is 2.50. The predicted molar refractivity (Wildman–Crippen MR) is 81.0 cm³/mol. The molecule has 1 heterocycles. The summed E-state index contributed by atoms with van der Waals surface area (Å²) in [6.07, 6.45) is 1.00. The van der Waals surface area contributed by atoms with Gasteiger partial charge < -0.3 is 4.55 Å². The lowest BCUT2D eigenvalue weighted by molar-refractivity contribution is -0.654. The lowest BCUT2D eigenvalue weighted by Gasteiger charge is -2.15. The number of rotatable bonds is 2. The van der Waals surface area contributed by atoms with Crippen molar-refractivity contribution in [3.05, 3.63) is 42.6 Å². The van der Waals surface area contributed by atoms with Crippen molar-refractivity contribution >= 4 is 34.7 Å². The summed E-state index contributed by atoms with van der Waals surface area (Å²) >= 11 is 0. The van der Waals surface area contributed by atoms with E-state index < -0.39 is 41.4 Å². The first-order valence-electron chi connectivity index (χ1n) is 6.57. The SMILES string of the molecule is O=S(=O)(C(C[n+]1cccc2ccccc21)=S(=O)(O)C(F)(F)F)C(F)(F)F. The highest BCUT2D eigenvalue weighted by molar-refractivity contribution is 8.22. The molecule has 144 valence electrons. The Morgan fingerprint density at radius 3 is 2.00 bits per heavy atom. The van der Waals surface area contributed by atoms with E-state index in [0.717, 1.165) is 10.8 Å². The van der Waals surface area contributed by atoms with Gasteiger partial charge in [0.05, 0.1) is 0 Å². The van der Waals surface area contributed by atoms with Crippen LogP contribution in [0.1, 0.15) is 0 Å². The van der Waals surface area contributed by atoms with Crippen LogP contribution in [-0.2, 0) is 26.2 Å². The van der Waals surface area contributed by atoms with Gasteiger partial charge in [0.15, 0.2) is 12.7 Å². The maximum Gasteiger partial charge on any atom is 0.502 e. The molecule has 0 saturated heterocycles. The first-order valence-corrected chi connectivity index (χ1v) is 9.57. The fraction of sp³-hybridized carbons (Fsp3) is 0.231. The number of sulfone groups is 1. The summed E-state index contributed by atoms with van der Waals surface area (Å²) in [5, 5.41) is 0.371. The maximum atomic E-state index is 12.8. The van der Waals surface area contributed by atoms with Crippen LogP contribution in [0.25, 0.3) is 10.9 Å². The van der Waals surface area contributed by atoms with E-state index in [1.807, 2.05) is 0 Å². The number of benzene rings is 1. The van der Waals surface area contributed by atoms with Crippen molar-refractivity contribution < 1.29 is 48.1 Å². The molecule has 1 atom stereocenters. The summed E-state index contributed by atoms with van der Waals surface area (Å²) in [5.74, 6) is 0. The molecule has 0 radical (unpaired) electrons. The molecule has 1 aromatic carbocycles. The van der Waals surface area contributed by atoms with E-state index in [2.05, 4.69) is 0 Å². The summed E-state index contributed by atoms with van der Waals surface area (Å²) in [7, 11) is -13.2. The minimum absolute atomic E-state index is 0.0715. The number of pyridine rings is 1. The molecule has 2 aromatic rings. The summed E-state index contributed by atoms with van der Waals surface area (Å²) in [6.45, 7) is -1.60. The normalized spacial score (nSPS) is 15.7. The molecule has 1 N–H and O–H groups in total. The van der Waals surface area contributed by atoms with Crippen LogP contribution in [0.2, 0.25) is 0 Å². The van der Waals surface area contributed by atoms with E-state index in [1.54, 1.807) is 0 Å². The highest BCUT2D eigenvalue weighted by atomic mass is 32.3. The lowest BCUT2D eigenvalue weighted by atomic mass is 10.2. The molecule has 5 nitrogen and oxygen atoms in total. The van der Waals surface area contributed by atoms with Gasteiger partial charge in [-0.25, -0.2) is 12.6 Å². The zero-order valence-electron chi connectivity index (χ0n) is 12.5. The summed E-state index contributed by atoms with van der Waals surface area (Å²) in [5.41, 5.74) is -12.2. The molecular formula is C13H10F6NO4S2+. The van der Waals surface area contributed by atoms with Crippen molar-refractivity contribution in [2.24, 2.45) is 0 Å². The molecule has 1 aromatic heterocycles. The fourth-order valence-corrected chi connectivity index (χ4v) is 4.97. The molecule has 26 heavy (non-hydrogen) atoms. The number of hydrogen-bond donors (Lipinski definition) is 1. The van der Waals surface area contributed by atoms with E-state index in [1.165, 1.54) is 36.4 Å². The van der Waals surface area contributed by atoms with Crippen molar-refractivity contribution in [2.75, 3.05) is 0 Å². The van der Waals surface area contributed by atoms with Gasteiger partial charge in [0.2, 0.25) is 19.5 Å². The Morgan fingerprint density at radius 2 is 1.46 bits per heavy atom. The van der Waals surface area contributed by atoms with Crippen molar-refractivity contribution in [1.82, 2.24) is 0 Å². The molecule has 13 heteroatoms. The molecule has 0 saturated carbocycles. The molecule has 0 fully saturated rings. The van der Waals surface area contributed by atoms with Gasteiger partial charge in [-0.3, -0.25) is 0 Å². The van der Waals surface area contributed by atoms with E-state index in [0.29, 0.717) is 5.39 Å². The fourth-order valence-electron chi connectivity index (χ4n) is 2.08. The Morgan fingerprint density at radius 1 is 0.923 bits per heavy atom. The minimum atomic E-state index is -6.70. The number of aromatic nitrogens is 1. The average molecular weight is 422 g/mol. The van der Waals surface area contributed by atoms with Gasteiger partial charge in [-0.15, -0.1) is 0 Å². The van der Waals surface area contributed by atoms with Crippen LogP contribution in [0.4, 0.5) is 26.3 Å². The Bertz CT molecular complexity index is 1060. The van der Waals surface area contributed by atoms with Gasteiger partial charge in [0, 0.05) is 17.5 Å². The van der Waals surface area contributed by atoms with Crippen LogP contribution >= 0.6 is 0 Å². The standard InChI is InChI=1S/C13H9F6NO4S2/c14-12(15,16)25(21,22)11(26(23,24)13(17,18)19)8-20-7-3-5-9-4-1-2-6-10(9)20/h1-7H,8H2/p+1. The maximum absolute atomic E-state index is 12.8. The number of hydrogen-bond acceptors (Lipinski definition) is 3. The summed E-state index contributed by atoms with van der Waals surface area (Å²) in [4.78, 5) is 0. The van der Waals surface area contributed by atoms with Gasteiger partial charge in [0.25, 0.3) is 9.84 Å². The van der Waals surface area contributed by atoms with Crippen molar-refractivity contribution in [2.45, 2.75) is 17.6 Å². The summed E-state index contributed by atoms with van der Waals surface area (Å²) < 4.78 is 119. The van der Waals surface area contributed by atoms with Crippen LogP contribution in [0, 0.1) is 0 Å². The molecule has 0 aliphatic rings. The third-order valence-corrected chi connectivity index (χ3v) is 7.36. The molecular weight excluding hydrogens is 412 g/mol. The first kappa shape index (κ1) is 20.5. The Labute approximate surface area is 143 Å². The second-order valence-electron chi connectivity index (χ2n) is 4.99. The predicted octanol–water partition coefficient (Wildman–Crippen LogP) is 2.47. The quantitative estimate of drug-likeness (QED) is 0.459. The number of halogens is 6. The van der Waals surface area contributed by atoms with Gasteiger partial charge >= 0.3 is 11.0 Å². The van der Waals surface area contributed by atoms with Crippen LogP contribution in [-0.4, -0.2) is 32.4 Å². The molecule has 1 unspecified atom stereocenters. The smallest absolute Gasteiger partial charge is 0.306 e. The Balaban J connectivity index is 2.84. The van der Waals surface area contributed by atoms with Gasteiger partial charge in [0.1, 0.15) is 0 Å². The van der Waals surface area contributed by atoms with Gasteiger partial charge in [-0.2, -0.15) is 30.9 Å². The van der Waals surface area contributed by atoms with Crippen LogP contribution in [0.15, 0.2) is 42.6 Å². The topological polar surface area (TPSA) is 75.3 Å². The van der Waals surface area contributed by atoms with Gasteiger partial charge in [-0.1, -0.05) is 12.1 Å². The van der Waals surface area contributed by atoms with E-state index in [-0.39, 0.29) is 5.52 Å². The second kappa shape index (κ2) is 6.39. The summed E-state index contributed by atoms with van der Waals surface area (Å²) in [6, 6.07) is 8.45. The number of fused-ring (bicyclic) bond motifs is 1. The highest BCUT2D eigenvalue weighted by Gasteiger charge is 2.57. The molecule has 0 bridgehead atoms. The third-order valence-electron chi connectivity index (χ3n) is 3.31. The van der Waals surface area contributed by atoms with E-state index in [9.17, 15) is 43.5 Å². The largest absolute Gasteiger partial charge is 0.502 e. The highest BCUT2D eigenvalue weighted by Crippen LogP contribution is 2.31. The second-order valence-corrected chi connectivity index (χ2v) is 9.22. The van der Waals surface area contributed by atoms with Crippen LogP contribution in [0.5, 0.6) is 0 Å². The molecule has 0 amide bonds. The van der Waals surface area contributed by atoms with E-state index in [4.69, 9.17) is 0 Å². The molecule has 0 aliphatic heterocycles. The number of alkyl halides is 6.